The van der Waals surface area contributed by atoms with Crippen molar-refractivity contribution >= 4 is 28.8 Å². The van der Waals surface area contributed by atoms with Crippen molar-refractivity contribution in [3.05, 3.63) is 48.0 Å². The standard InChI is InChI=1S/C17H16ClN5O3/c1-24-13-7-14(25-2)12(6-11(13)18)23-16-15(19)17(22-9-21-16)26-10-4-3-5-20-8-10/h3-9H,19H2,1-2H3,(H,21,22,23). The SMILES string of the molecule is COc1cc(OC)c(Nc2ncnc(Oc3cccnc3)c2N)cc1Cl. The van der Waals surface area contributed by atoms with E-state index in [1.807, 2.05) is 0 Å². The molecule has 3 aromatic rings. The van der Waals surface area contributed by atoms with Gasteiger partial charge in [0.1, 0.15) is 29.3 Å². The fourth-order valence-electron chi connectivity index (χ4n) is 2.16. The van der Waals surface area contributed by atoms with Crippen molar-refractivity contribution < 1.29 is 14.2 Å². The average molecular weight is 374 g/mol. The van der Waals surface area contributed by atoms with Crippen LogP contribution in [0.1, 0.15) is 0 Å². The van der Waals surface area contributed by atoms with E-state index in [0.717, 1.165) is 0 Å². The van der Waals surface area contributed by atoms with E-state index in [1.165, 1.54) is 20.5 Å². The van der Waals surface area contributed by atoms with E-state index in [2.05, 4.69) is 20.3 Å². The zero-order valence-electron chi connectivity index (χ0n) is 14.1. The summed E-state index contributed by atoms with van der Waals surface area (Å²) in [6.07, 6.45) is 4.53. The third-order valence-corrected chi connectivity index (χ3v) is 3.72. The summed E-state index contributed by atoms with van der Waals surface area (Å²) in [5, 5.41) is 3.49. The number of rotatable bonds is 6. The van der Waals surface area contributed by atoms with Gasteiger partial charge >= 0.3 is 0 Å². The molecule has 1 aromatic carbocycles. The Labute approximate surface area is 154 Å². The molecule has 0 saturated carbocycles. The van der Waals surface area contributed by atoms with Crippen LogP contribution in [0.4, 0.5) is 17.2 Å². The minimum absolute atomic E-state index is 0.203. The molecule has 3 N–H and O–H groups in total. The van der Waals surface area contributed by atoms with Gasteiger partial charge in [0.2, 0.25) is 5.88 Å². The summed E-state index contributed by atoms with van der Waals surface area (Å²) in [6.45, 7) is 0. The molecule has 0 bridgehead atoms. The second-order valence-corrected chi connectivity index (χ2v) is 5.45. The molecule has 9 heteroatoms. The summed E-state index contributed by atoms with van der Waals surface area (Å²) >= 11 is 6.19. The maximum absolute atomic E-state index is 6.19. The topological polar surface area (TPSA) is 104 Å². The molecule has 0 aliphatic heterocycles. The molecule has 0 aliphatic rings. The first-order chi connectivity index (χ1) is 12.6. The van der Waals surface area contributed by atoms with Crippen LogP contribution in [0.25, 0.3) is 0 Å². The Morgan fingerprint density at radius 1 is 1.12 bits per heavy atom. The van der Waals surface area contributed by atoms with Gasteiger partial charge in [0.15, 0.2) is 5.82 Å². The highest BCUT2D eigenvalue weighted by Crippen LogP contribution is 2.39. The number of halogens is 1. The predicted molar refractivity (Wildman–Crippen MR) is 98.6 cm³/mol. The van der Waals surface area contributed by atoms with Crippen LogP contribution in [-0.4, -0.2) is 29.2 Å². The lowest BCUT2D eigenvalue weighted by atomic mass is 10.2. The van der Waals surface area contributed by atoms with Crippen LogP contribution in [0, 0.1) is 0 Å². The van der Waals surface area contributed by atoms with Crippen molar-refractivity contribution in [2.75, 3.05) is 25.3 Å². The molecule has 0 aliphatic carbocycles. The molecule has 0 unspecified atom stereocenters. The molecule has 2 aromatic heterocycles. The third-order valence-electron chi connectivity index (χ3n) is 3.42. The van der Waals surface area contributed by atoms with Gasteiger partial charge in [-0.25, -0.2) is 4.98 Å². The van der Waals surface area contributed by atoms with Gasteiger partial charge < -0.3 is 25.3 Å². The minimum Gasteiger partial charge on any atom is -0.495 e. The van der Waals surface area contributed by atoms with Crippen LogP contribution in [0.3, 0.4) is 0 Å². The van der Waals surface area contributed by atoms with Gasteiger partial charge in [-0.3, -0.25) is 4.98 Å². The van der Waals surface area contributed by atoms with E-state index in [4.69, 9.17) is 31.5 Å². The maximum atomic E-state index is 6.19. The number of anilines is 3. The zero-order chi connectivity index (χ0) is 18.5. The maximum Gasteiger partial charge on any atom is 0.248 e. The Morgan fingerprint density at radius 3 is 2.62 bits per heavy atom. The van der Waals surface area contributed by atoms with E-state index in [9.17, 15) is 0 Å². The molecule has 0 saturated heterocycles. The molecule has 0 fully saturated rings. The number of benzene rings is 1. The predicted octanol–water partition coefficient (Wildman–Crippen LogP) is 3.66. The van der Waals surface area contributed by atoms with Crippen LogP contribution in [0.15, 0.2) is 43.0 Å². The smallest absolute Gasteiger partial charge is 0.248 e. The van der Waals surface area contributed by atoms with Gasteiger partial charge in [-0.05, 0) is 18.2 Å². The van der Waals surface area contributed by atoms with Crippen molar-refractivity contribution in [3.8, 4) is 23.1 Å². The number of hydrogen-bond donors (Lipinski definition) is 2. The second kappa shape index (κ2) is 7.75. The summed E-state index contributed by atoms with van der Waals surface area (Å²) < 4.78 is 16.2. The monoisotopic (exact) mass is 373 g/mol. The molecule has 2 heterocycles. The fraction of sp³-hybridized carbons (Fsp3) is 0.118. The number of nitrogens with one attached hydrogen (secondary N) is 1. The summed E-state index contributed by atoms with van der Waals surface area (Å²) in [7, 11) is 3.06. The van der Waals surface area contributed by atoms with Gasteiger partial charge in [0.05, 0.1) is 31.1 Å². The van der Waals surface area contributed by atoms with Crippen molar-refractivity contribution in [1.29, 1.82) is 0 Å². The highest BCUT2D eigenvalue weighted by Gasteiger charge is 2.15. The highest BCUT2D eigenvalue weighted by atomic mass is 35.5. The molecule has 0 radical (unpaired) electrons. The van der Waals surface area contributed by atoms with Gasteiger partial charge in [-0.1, -0.05) is 11.6 Å². The van der Waals surface area contributed by atoms with Gasteiger partial charge in [-0.15, -0.1) is 0 Å². The van der Waals surface area contributed by atoms with Crippen LogP contribution in [0.5, 0.6) is 23.1 Å². The van der Waals surface area contributed by atoms with Gasteiger partial charge in [0, 0.05) is 12.3 Å². The summed E-state index contributed by atoms with van der Waals surface area (Å²) in [5.74, 6) is 2.06. The molecule has 0 spiro atoms. The number of pyridine rings is 1. The number of aromatic nitrogens is 3. The van der Waals surface area contributed by atoms with Crippen LogP contribution in [-0.2, 0) is 0 Å². The number of methoxy groups -OCH3 is 2. The second-order valence-electron chi connectivity index (χ2n) is 5.04. The number of nitrogens with zero attached hydrogens (tertiary/aromatic N) is 3. The molecular weight excluding hydrogens is 358 g/mol. The van der Waals surface area contributed by atoms with E-state index < -0.39 is 0 Å². The number of nitrogens with two attached hydrogens (primary N) is 1. The fourth-order valence-corrected chi connectivity index (χ4v) is 2.41. The Bertz CT molecular complexity index is 908. The van der Waals surface area contributed by atoms with Crippen molar-refractivity contribution in [3.63, 3.8) is 0 Å². The average Bonchev–Trinajstić information content (AvgIpc) is 2.66. The Kier molecular flexibility index (Phi) is 5.23. The molecular formula is C17H16ClN5O3. The Morgan fingerprint density at radius 2 is 1.92 bits per heavy atom. The minimum atomic E-state index is 0.203. The number of nitrogen functional groups attached to an aromatic ring is 1. The number of hydrogen-bond acceptors (Lipinski definition) is 8. The number of ether oxygens (including phenoxy) is 3. The van der Waals surface area contributed by atoms with E-state index in [0.29, 0.717) is 33.8 Å². The Balaban J connectivity index is 1.91. The van der Waals surface area contributed by atoms with Gasteiger partial charge in [0.25, 0.3) is 0 Å². The van der Waals surface area contributed by atoms with Crippen molar-refractivity contribution in [2.24, 2.45) is 0 Å². The summed E-state index contributed by atoms with van der Waals surface area (Å²) in [5.41, 5.74) is 6.93. The summed E-state index contributed by atoms with van der Waals surface area (Å²) in [4.78, 5) is 12.2. The molecule has 3 rings (SSSR count). The van der Waals surface area contributed by atoms with Crippen molar-refractivity contribution in [1.82, 2.24) is 15.0 Å². The van der Waals surface area contributed by atoms with Gasteiger partial charge in [-0.2, -0.15) is 4.98 Å². The van der Waals surface area contributed by atoms with E-state index in [1.54, 1.807) is 36.7 Å². The molecule has 134 valence electrons. The largest absolute Gasteiger partial charge is 0.495 e. The lowest BCUT2D eigenvalue weighted by Crippen LogP contribution is -2.04. The molecule has 0 atom stereocenters. The normalized spacial score (nSPS) is 10.3. The third kappa shape index (κ3) is 3.70. The molecule has 26 heavy (non-hydrogen) atoms. The highest BCUT2D eigenvalue weighted by molar-refractivity contribution is 6.32. The lowest BCUT2D eigenvalue weighted by molar-refractivity contribution is 0.396. The van der Waals surface area contributed by atoms with E-state index >= 15 is 0 Å². The van der Waals surface area contributed by atoms with Crippen LogP contribution >= 0.6 is 11.6 Å². The van der Waals surface area contributed by atoms with Crippen LogP contribution in [0.2, 0.25) is 5.02 Å². The quantitative estimate of drug-likeness (QED) is 0.674. The summed E-state index contributed by atoms with van der Waals surface area (Å²) in [6, 6.07) is 6.81. The zero-order valence-corrected chi connectivity index (χ0v) is 14.8. The molecule has 8 nitrogen and oxygen atoms in total. The lowest BCUT2D eigenvalue weighted by Gasteiger charge is -2.15. The molecule has 0 amide bonds. The van der Waals surface area contributed by atoms with Crippen molar-refractivity contribution in [2.45, 2.75) is 0 Å². The Hall–Kier alpha value is -3.26. The first kappa shape index (κ1) is 17.6. The first-order valence-corrected chi connectivity index (χ1v) is 7.87. The van der Waals surface area contributed by atoms with Crippen LogP contribution < -0.4 is 25.3 Å². The van der Waals surface area contributed by atoms with E-state index in [-0.39, 0.29) is 11.6 Å². The first-order valence-electron chi connectivity index (χ1n) is 7.49.